The maximum Gasteiger partial charge on any atom is 0.241 e. The van der Waals surface area contributed by atoms with Crippen LogP contribution in [-0.2, 0) is 17.6 Å². The lowest BCUT2D eigenvalue weighted by Crippen LogP contribution is -2.28. The summed E-state index contributed by atoms with van der Waals surface area (Å²) >= 11 is 1.55. The summed E-state index contributed by atoms with van der Waals surface area (Å²) in [6.45, 7) is 0. The van der Waals surface area contributed by atoms with Gasteiger partial charge in [0.05, 0.1) is 22.6 Å². The number of para-hydroxylation sites is 3. The van der Waals surface area contributed by atoms with E-state index in [1.54, 1.807) is 18.0 Å². The topological polar surface area (TPSA) is 33.2 Å². The van der Waals surface area contributed by atoms with Crippen molar-refractivity contribution in [3.63, 3.8) is 0 Å². The first-order chi connectivity index (χ1) is 14.3. The third-order valence-corrected chi connectivity index (χ3v) is 6.36. The summed E-state index contributed by atoms with van der Waals surface area (Å²) in [7, 11) is 0. The Morgan fingerprint density at radius 2 is 1.48 bits per heavy atom. The first kappa shape index (κ1) is 18.0. The number of thioether (sulfide) groups is 1. The highest BCUT2D eigenvalue weighted by atomic mass is 32.2. The number of anilines is 2. The zero-order valence-corrected chi connectivity index (χ0v) is 16.7. The Morgan fingerprint density at radius 1 is 0.828 bits per heavy atom. The molecule has 3 nitrogen and oxygen atoms in total. The lowest BCUT2D eigenvalue weighted by Gasteiger charge is -2.25. The Balaban J connectivity index is 1.49. The fourth-order valence-electron chi connectivity index (χ4n) is 3.95. The molecule has 1 amide bonds. The highest BCUT2D eigenvalue weighted by molar-refractivity contribution is 8.00. The fraction of sp³-hybridized carbons (Fsp3) is 0.120. The van der Waals surface area contributed by atoms with Crippen molar-refractivity contribution >= 4 is 39.9 Å². The molecule has 2 heterocycles. The van der Waals surface area contributed by atoms with E-state index >= 15 is 0 Å². The summed E-state index contributed by atoms with van der Waals surface area (Å²) in [5.74, 6) is 0.447. The van der Waals surface area contributed by atoms with E-state index in [4.69, 9.17) is 0 Å². The Morgan fingerprint density at radius 3 is 2.21 bits per heavy atom. The van der Waals surface area contributed by atoms with Gasteiger partial charge in [0.15, 0.2) is 0 Å². The van der Waals surface area contributed by atoms with Crippen molar-refractivity contribution in [2.24, 2.45) is 0 Å². The van der Waals surface area contributed by atoms with Gasteiger partial charge in [-0.25, -0.2) is 0 Å². The number of carbonyl (C=O) groups excluding carboxylic acids is 1. The monoisotopic (exact) mass is 396 g/mol. The Hall–Kier alpha value is -3.11. The van der Waals surface area contributed by atoms with Crippen LogP contribution in [0.5, 0.6) is 0 Å². The van der Waals surface area contributed by atoms with Gasteiger partial charge in [-0.1, -0.05) is 54.6 Å². The number of pyridine rings is 1. The van der Waals surface area contributed by atoms with Gasteiger partial charge in [-0.3, -0.25) is 14.7 Å². The summed E-state index contributed by atoms with van der Waals surface area (Å²) in [5, 5.41) is 1.09. The highest BCUT2D eigenvalue weighted by Gasteiger charge is 2.25. The second-order valence-corrected chi connectivity index (χ2v) is 8.12. The molecule has 29 heavy (non-hydrogen) atoms. The average Bonchev–Trinajstić information content (AvgIpc) is 2.94. The quantitative estimate of drug-likeness (QED) is 0.411. The molecule has 0 spiro atoms. The molecule has 5 rings (SSSR count). The van der Waals surface area contributed by atoms with Gasteiger partial charge in [-0.05, 0) is 48.2 Å². The number of rotatable bonds is 3. The number of nitrogens with zero attached hydrogens (tertiary/aromatic N) is 2. The second kappa shape index (κ2) is 7.72. The van der Waals surface area contributed by atoms with Crippen molar-refractivity contribution in [2.45, 2.75) is 17.7 Å². The average molecular weight is 397 g/mol. The summed E-state index contributed by atoms with van der Waals surface area (Å²) in [5.41, 5.74) is 5.38. The molecule has 0 unspecified atom stereocenters. The standard InChI is InChI=1S/C25H20N2OS/c28-24(17-29-23-13-5-9-20-10-6-16-26-25(20)23)27-21-11-3-1-7-18(21)14-15-19-8-2-4-12-22(19)27/h1-13,16H,14-15,17H2. The molecule has 0 bridgehead atoms. The number of benzene rings is 3. The van der Waals surface area contributed by atoms with E-state index in [9.17, 15) is 4.79 Å². The van der Waals surface area contributed by atoms with Crippen LogP contribution in [0.25, 0.3) is 10.9 Å². The van der Waals surface area contributed by atoms with Gasteiger partial charge in [-0.2, -0.15) is 0 Å². The minimum absolute atomic E-state index is 0.0877. The maximum absolute atomic E-state index is 13.5. The predicted molar refractivity (Wildman–Crippen MR) is 120 cm³/mol. The number of amides is 1. The van der Waals surface area contributed by atoms with Crippen molar-refractivity contribution in [3.05, 3.63) is 96.2 Å². The van der Waals surface area contributed by atoms with Crippen molar-refractivity contribution in [1.29, 1.82) is 0 Å². The summed E-state index contributed by atoms with van der Waals surface area (Å²) in [6, 6.07) is 26.6. The van der Waals surface area contributed by atoms with Crippen LogP contribution in [0.15, 0.2) is 90.0 Å². The van der Waals surface area contributed by atoms with Gasteiger partial charge in [0.2, 0.25) is 5.91 Å². The largest absolute Gasteiger partial charge is 0.280 e. The van der Waals surface area contributed by atoms with E-state index in [-0.39, 0.29) is 5.91 Å². The molecule has 0 aliphatic carbocycles. The molecule has 4 heteroatoms. The van der Waals surface area contributed by atoms with Crippen LogP contribution in [-0.4, -0.2) is 16.6 Å². The number of aryl methyl sites for hydroxylation is 2. The molecule has 0 N–H and O–H groups in total. The number of fused-ring (bicyclic) bond motifs is 3. The summed E-state index contributed by atoms with van der Waals surface area (Å²) < 4.78 is 0. The molecule has 0 saturated heterocycles. The van der Waals surface area contributed by atoms with Gasteiger partial charge >= 0.3 is 0 Å². The fourth-order valence-corrected chi connectivity index (χ4v) is 4.84. The SMILES string of the molecule is O=C(CSc1cccc2cccnc12)N1c2ccccc2CCc2ccccc21. The zero-order valence-electron chi connectivity index (χ0n) is 15.9. The van der Waals surface area contributed by atoms with Gasteiger partial charge in [0.25, 0.3) is 0 Å². The summed E-state index contributed by atoms with van der Waals surface area (Å²) in [6.07, 6.45) is 3.68. The molecule has 1 aromatic heterocycles. The van der Waals surface area contributed by atoms with E-state index in [1.165, 1.54) is 11.1 Å². The Bertz CT molecular complexity index is 1150. The van der Waals surface area contributed by atoms with Crippen LogP contribution in [0.4, 0.5) is 11.4 Å². The third-order valence-electron chi connectivity index (χ3n) is 5.32. The minimum Gasteiger partial charge on any atom is -0.280 e. The van der Waals surface area contributed by atoms with Gasteiger partial charge in [-0.15, -0.1) is 11.8 Å². The smallest absolute Gasteiger partial charge is 0.241 e. The molecule has 0 radical (unpaired) electrons. The van der Waals surface area contributed by atoms with Crippen LogP contribution in [0, 0.1) is 0 Å². The molecule has 1 aliphatic rings. The molecule has 1 aliphatic heterocycles. The normalized spacial score (nSPS) is 12.9. The van der Waals surface area contributed by atoms with Crippen LogP contribution >= 0.6 is 11.8 Å². The molecular weight excluding hydrogens is 376 g/mol. The van der Waals surface area contributed by atoms with Gasteiger partial charge in [0, 0.05) is 16.5 Å². The van der Waals surface area contributed by atoms with Crippen LogP contribution in [0.1, 0.15) is 11.1 Å². The van der Waals surface area contributed by atoms with Gasteiger partial charge in [0.1, 0.15) is 0 Å². The number of hydrogen-bond donors (Lipinski definition) is 0. The van der Waals surface area contributed by atoms with Crippen molar-refractivity contribution in [3.8, 4) is 0 Å². The summed E-state index contributed by atoms with van der Waals surface area (Å²) in [4.78, 5) is 20.9. The van der Waals surface area contributed by atoms with Crippen LogP contribution < -0.4 is 4.90 Å². The highest BCUT2D eigenvalue weighted by Crippen LogP contribution is 2.37. The number of carbonyl (C=O) groups is 1. The molecule has 3 aromatic carbocycles. The van der Waals surface area contributed by atoms with Crippen LogP contribution in [0.2, 0.25) is 0 Å². The van der Waals surface area contributed by atoms with Crippen molar-refractivity contribution in [2.75, 3.05) is 10.7 Å². The van der Waals surface area contributed by atoms with E-state index in [1.807, 2.05) is 47.4 Å². The van der Waals surface area contributed by atoms with E-state index < -0.39 is 0 Å². The van der Waals surface area contributed by atoms with E-state index in [2.05, 4.69) is 41.4 Å². The third kappa shape index (κ3) is 3.40. The molecular formula is C25H20N2OS. The van der Waals surface area contributed by atoms with E-state index in [0.717, 1.165) is 40.0 Å². The number of aromatic nitrogens is 1. The molecule has 0 saturated carbocycles. The minimum atomic E-state index is 0.0877. The number of hydrogen-bond acceptors (Lipinski definition) is 3. The first-order valence-electron chi connectivity index (χ1n) is 9.76. The van der Waals surface area contributed by atoms with Crippen molar-refractivity contribution in [1.82, 2.24) is 4.98 Å². The predicted octanol–water partition coefficient (Wildman–Crippen LogP) is 5.79. The first-order valence-corrected chi connectivity index (χ1v) is 10.7. The zero-order chi connectivity index (χ0) is 19.6. The van der Waals surface area contributed by atoms with Crippen LogP contribution in [0.3, 0.4) is 0 Å². The van der Waals surface area contributed by atoms with E-state index in [0.29, 0.717) is 5.75 Å². The molecule has 4 aromatic rings. The molecule has 142 valence electrons. The molecule has 0 atom stereocenters. The lowest BCUT2D eigenvalue weighted by atomic mass is 10.0. The Kier molecular flexibility index (Phi) is 4.78. The van der Waals surface area contributed by atoms with Gasteiger partial charge < -0.3 is 0 Å². The maximum atomic E-state index is 13.5. The Labute approximate surface area is 174 Å². The lowest BCUT2D eigenvalue weighted by molar-refractivity contribution is -0.115. The molecule has 0 fully saturated rings. The second-order valence-electron chi connectivity index (χ2n) is 7.11. The van der Waals surface area contributed by atoms with Crippen molar-refractivity contribution < 1.29 is 4.79 Å².